The maximum Gasteiger partial charge on any atom is 0.0734 e. The molecule has 0 spiro atoms. The topological polar surface area (TPSA) is 0 Å². The van der Waals surface area contributed by atoms with Gasteiger partial charge in [0, 0.05) is 9.50 Å². The second-order valence-electron chi connectivity index (χ2n) is 3.26. The Bertz CT molecular complexity index is 497. The number of halogens is 4. The number of rotatable bonds is 1. The Hall–Kier alpha value is -0.210. The van der Waals surface area contributed by atoms with E-state index >= 15 is 0 Å². The summed E-state index contributed by atoms with van der Waals surface area (Å²) in [4.78, 5) is 0. The molecule has 0 unspecified atom stereocenters. The van der Waals surface area contributed by atoms with Crippen molar-refractivity contribution < 1.29 is 0 Å². The Labute approximate surface area is 117 Å². The number of hydrogen-bond acceptors (Lipinski definition) is 0. The molecule has 82 valence electrons. The zero-order valence-corrected chi connectivity index (χ0v) is 11.8. The molecule has 0 atom stereocenters. The first-order valence-corrected chi connectivity index (χ1v) is 6.41. The quantitative estimate of drug-likeness (QED) is 0.554. The van der Waals surface area contributed by atoms with Crippen LogP contribution in [0.25, 0.3) is 11.1 Å². The summed E-state index contributed by atoms with van der Waals surface area (Å²) in [5.41, 5.74) is 2.04. The summed E-state index contributed by atoms with van der Waals surface area (Å²) in [7, 11) is 0. The fourth-order valence-corrected chi connectivity index (χ4v) is 2.39. The van der Waals surface area contributed by atoms with Crippen molar-refractivity contribution in [3.05, 3.63) is 55.9 Å². The smallest absolute Gasteiger partial charge is 0.0734 e. The predicted molar refractivity (Wildman–Crippen MR) is 74.6 cm³/mol. The van der Waals surface area contributed by atoms with Crippen molar-refractivity contribution >= 4 is 50.7 Å². The van der Waals surface area contributed by atoms with Crippen molar-refractivity contribution in [2.24, 2.45) is 0 Å². The molecule has 0 radical (unpaired) electrons. The maximum absolute atomic E-state index is 6.01. The molecular weight excluding hydrogens is 330 g/mol. The molecule has 0 aliphatic carbocycles. The predicted octanol–water partition coefficient (Wildman–Crippen LogP) is 6.08. The van der Waals surface area contributed by atoms with Crippen LogP contribution in [-0.2, 0) is 0 Å². The van der Waals surface area contributed by atoms with Crippen LogP contribution in [0.15, 0.2) is 40.9 Å². The van der Waals surface area contributed by atoms with Crippen LogP contribution in [-0.4, -0.2) is 0 Å². The molecule has 0 heterocycles. The normalized spacial score (nSPS) is 10.5. The van der Waals surface area contributed by atoms with Gasteiger partial charge in [-0.05, 0) is 51.3 Å². The summed E-state index contributed by atoms with van der Waals surface area (Å²) in [6, 6.07) is 11.3. The Kier molecular flexibility index (Phi) is 3.81. The van der Waals surface area contributed by atoms with Crippen LogP contribution in [0.2, 0.25) is 15.1 Å². The molecule has 4 heteroatoms. The third-order valence-electron chi connectivity index (χ3n) is 2.16. The first-order valence-electron chi connectivity index (χ1n) is 4.48. The van der Waals surface area contributed by atoms with Gasteiger partial charge in [-0.3, -0.25) is 0 Å². The molecule has 0 N–H and O–H groups in total. The first-order chi connectivity index (χ1) is 7.58. The lowest BCUT2D eigenvalue weighted by atomic mass is 10.1. The standard InChI is InChI=1S/C12H6BrCl3/c13-10-5-8(6-11(15)12(10)16)7-1-3-9(14)4-2-7/h1-6H. The van der Waals surface area contributed by atoms with Gasteiger partial charge in [0.15, 0.2) is 0 Å². The number of benzene rings is 2. The SMILES string of the molecule is Clc1ccc(-c2cc(Cl)c(Cl)c(Br)c2)cc1. The molecule has 0 aromatic heterocycles. The zero-order chi connectivity index (χ0) is 11.7. The molecule has 0 bridgehead atoms. The minimum Gasteiger partial charge on any atom is -0.0843 e. The molecule has 2 aromatic carbocycles. The lowest BCUT2D eigenvalue weighted by Gasteiger charge is -2.06. The minimum atomic E-state index is 0.527. The molecule has 0 nitrogen and oxygen atoms in total. The van der Waals surface area contributed by atoms with Crippen molar-refractivity contribution in [2.45, 2.75) is 0 Å². The van der Waals surface area contributed by atoms with Crippen LogP contribution in [0.1, 0.15) is 0 Å². The highest BCUT2D eigenvalue weighted by atomic mass is 79.9. The summed E-state index contributed by atoms with van der Waals surface area (Å²) in [5, 5.41) is 1.77. The van der Waals surface area contributed by atoms with E-state index in [4.69, 9.17) is 34.8 Å². The average molecular weight is 336 g/mol. The molecule has 2 aromatic rings. The molecular formula is C12H6BrCl3. The highest BCUT2D eigenvalue weighted by Gasteiger charge is 2.06. The molecule has 2 rings (SSSR count). The van der Waals surface area contributed by atoms with E-state index in [1.54, 1.807) is 0 Å². The lowest BCUT2D eigenvalue weighted by Crippen LogP contribution is -1.80. The fraction of sp³-hybridized carbons (Fsp3) is 0. The van der Waals surface area contributed by atoms with E-state index < -0.39 is 0 Å². The van der Waals surface area contributed by atoms with Crippen LogP contribution in [0.4, 0.5) is 0 Å². The Morgan fingerprint density at radius 2 is 1.44 bits per heavy atom. The van der Waals surface area contributed by atoms with E-state index in [1.165, 1.54) is 0 Å². The highest BCUT2D eigenvalue weighted by Crippen LogP contribution is 2.35. The summed E-state index contributed by atoms with van der Waals surface area (Å²) in [6.07, 6.45) is 0. The van der Waals surface area contributed by atoms with Gasteiger partial charge in [0.25, 0.3) is 0 Å². The van der Waals surface area contributed by atoms with Crippen molar-refractivity contribution in [3.8, 4) is 11.1 Å². The van der Waals surface area contributed by atoms with Crippen LogP contribution in [0, 0.1) is 0 Å². The Morgan fingerprint density at radius 3 is 2.00 bits per heavy atom. The van der Waals surface area contributed by atoms with Crippen molar-refractivity contribution in [1.29, 1.82) is 0 Å². The van der Waals surface area contributed by atoms with Crippen molar-refractivity contribution in [3.63, 3.8) is 0 Å². The van der Waals surface area contributed by atoms with Crippen molar-refractivity contribution in [1.82, 2.24) is 0 Å². The van der Waals surface area contributed by atoms with Gasteiger partial charge in [0.05, 0.1) is 10.0 Å². The molecule has 0 fully saturated rings. The Balaban J connectivity index is 2.52. The van der Waals surface area contributed by atoms with Gasteiger partial charge in [-0.1, -0.05) is 46.9 Å². The van der Waals surface area contributed by atoms with Crippen LogP contribution in [0.3, 0.4) is 0 Å². The van der Waals surface area contributed by atoms with Crippen LogP contribution in [0.5, 0.6) is 0 Å². The third kappa shape index (κ3) is 2.54. The van der Waals surface area contributed by atoms with E-state index in [-0.39, 0.29) is 0 Å². The van der Waals surface area contributed by atoms with E-state index in [0.29, 0.717) is 15.1 Å². The summed E-state index contributed by atoms with van der Waals surface area (Å²) >= 11 is 21.2. The van der Waals surface area contributed by atoms with Crippen LogP contribution < -0.4 is 0 Å². The molecule has 0 aliphatic heterocycles. The second kappa shape index (κ2) is 4.97. The summed E-state index contributed by atoms with van der Waals surface area (Å²) < 4.78 is 0.784. The fourth-order valence-electron chi connectivity index (χ4n) is 1.36. The highest BCUT2D eigenvalue weighted by molar-refractivity contribution is 9.10. The molecule has 16 heavy (non-hydrogen) atoms. The third-order valence-corrected chi connectivity index (χ3v) is 4.07. The lowest BCUT2D eigenvalue weighted by molar-refractivity contribution is 1.59. The van der Waals surface area contributed by atoms with Gasteiger partial charge in [-0.25, -0.2) is 0 Å². The van der Waals surface area contributed by atoms with Gasteiger partial charge in [-0.15, -0.1) is 0 Å². The van der Waals surface area contributed by atoms with Crippen molar-refractivity contribution in [2.75, 3.05) is 0 Å². The first kappa shape index (κ1) is 12.3. The van der Waals surface area contributed by atoms with E-state index in [0.717, 1.165) is 15.6 Å². The largest absolute Gasteiger partial charge is 0.0843 e. The second-order valence-corrected chi connectivity index (χ2v) is 5.34. The molecule has 0 saturated carbocycles. The van der Waals surface area contributed by atoms with E-state index in [9.17, 15) is 0 Å². The van der Waals surface area contributed by atoms with Gasteiger partial charge in [0.1, 0.15) is 0 Å². The monoisotopic (exact) mass is 334 g/mol. The van der Waals surface area contributed by atoms with E-state index in [1.807, 2.05) is 36.4 Å². The van der Waals surface area contributed by atoms with Gasteiger partial charge in [-0.2, -0.15) is 0 Å². The van der Waals surface area contributed by atoms with Gasteiger partial charge in [0.2, 0.25) is 0 Å². The average Bonchev–Trinajstić information content (AvgIpc) is 2.26. The number of hydrogen-bond donors (Lipinski definition) is 0. The zero-order valence-electron chi connectivity index (χ0n) is 7.98. The maximum atomic E-state index is 6.01. The summed E-state index contributed by atoms with van der Waals surface area (Å²) in [5.74, 6) is 0. The molecule has 0 aliphatic rings. The van der Waals surface area contributed by atoms with E-state index in [2.05, 4.69) is 15.9 Å². The Morgan fingerprint density at radius 1 is 0.812 bits per heavy atom. The molecule has 0 saturated heterocycles. The summed E-state index contributed by atoms with van der Waals surface area (Å²) in [6.45, 7) is 0. The molecule has 0 amide bonds. The minimum absolute atomic E-state index is 0.527. The van der Waals surface area contributed by atoms with Gasteiger partial charge < -0.3 is 0 Å². The van der Waals surface area contributed by atoms with Crippen LogP contribution >= 0.6 is 50.7 Å². The van der Waals surface area contributed by atoms with Gasteiger partial charge >= 0.3 is 0 Å².